The number of fused-ring (bicyclic) bond motifs is 7. The molecule has 29 heavy (non-hydrogen) atoms. The zero-order valence-electron chi connectivity index (χ0n) is 16.3. The second-order valence-corrected chi connectivity index (χ2v) is 9.78. The van der Waals surface area contributed by atoms with Crippen molar-refractivity contribution in [3.63, 3.8) is 0 Å². The van der Waals surface area contributed by atoms with E-state index in [9.17, 15) is 0 Å². The van der Waals surface area contributed by atoms with Crippen LogP contribution in [0.1, 0.15) is 25.0 Å². The van der Waals surface area contributed by atoms with Crippen molar-refractivity contribution in [3.8, 4) is 22.3 Å². The minimum Gasteiger partial charge on any atom is -0.134 e. The Morgan fingerprint density at radius 1 is 0.655 bits per heavy atom. The lowest BCUT2D eigenvalue weighted by atomic mass is 9.82. The van der Waals surface area contributed by atoms with Gasteiger partial charge in [-0.2, -0.15) is 0 Å². The highest BCUT2D eigenvalue weighted by Crippen LogP contribution is 2.54. The van der Waals surface area contributed by atoms with Crippen molar-refractivity contribution >= 4 is 43.1 Å². The minimum absolute atomic E-state index is 0.0370. The van der Waals surface area contributed by atoms with Crippen LogP contribution in [0.4, 0.5) is 0 Å². The Morgan fingerprint density at radius 2 is 1.38 bits per heavy atom. The molecule has 1 aliphatic rings. The Kier molecular flexibility index (Phi) is 3.54. The first-order chi connectivity index (χ1) is 14.1. The maximum atomic E-state index is 6.12. The Hall–Kier alpha value is -2.61. The topological polar surface area (TPSA) is 0 Å². The van der Waals surface area contributed by atoms with Gasteiger partial charge in [0.1, 0.15) is 0 Å². The molecule has 6 rings (SSSR count). The fourth-order valence-electron chi connectivity index (χ4n) is 4.90. The Bertz CT molecular complexity index is 1420. The molecule has 0 N–H and O–H groups in total. The van der Waals surface area contributed by atoms with E-state index < -0.39 is 0 Å². The number of hydrogen-bond donors (Lipinski definition) is 0. The van der Waals surface area contributed by atoms with Gasteiger partial charge in [-0.3, -0.25) is 0 Å². The normalized spacial score (nSPS) is 14.3. The van der Waals surface area contributed by atoms with Gasteiger partial charge in [-0.25, -0.2) is 0 Å². The third-order valence-corrected chi connectivity index (χ3v) is 7.89. The van der Waals surface area contributed by atoms with Gasteiger partial charge in [0.05, 0.1) is 0 Å². The van der Waals surface area contributed by atoms with E-state index in [-0.39, 0.29) is 5.41 Å². The number of rotatable bonds is 1. The molecule has 0 spiro atoms. The summed E-state index contributed by atoms with van der Waals surface area (Å²) in [5.74, 6) is 0. The zero-order valence-corrected chi connectivity index (χ0v) is 17.9. The molecule has 5 aromatic rings. The van der Waals surface area contributed by atoms with Crippen LogP contribution in [0.2, 0.25) is 5.02 Å². The molecular weight excluding hydrogens is 392 g/mol. The van der Waals surface area contributed by atoms with Crippen LogP contribution in [0.15, 0.2) is 78.9 Å². The standard InChI is InChI=1S/C27H19ClS/c1-27(2)22-9-4-3-6-21(22)24-23(27)15-14-20-19-8-5-7-18(25(19)29-26(20)24)16-10-12-17(28)13-11-16/h3-15H,1-2H3. The van der Waals surface area contributed by atoms with Crippen molar-refractivity contribution in [2.24, 2.45) is 0 Å². The van der Waals surface area contributed by atoms with Crippen LogP contribution in [0.3, 0.4) is 0 Å². The van der Waals surface area contributed by atoms with Crippen molar-refractivity contribution in [1.82, 2.24) is 0 Å². The van der Waals surface area contributed by atoms with E-state index in [1.54, 1.807) is 0 Å². The average Bonchev–Trinajstić information content (AvgIpc) is 3.22. The molecule has 0 unspecified atom stereocenters. The molecule has 0 fully saturated rings. The SMILES string of the molecule is CC1(C)c2ccccc2-c2c1ccc1c2sc2c(-c3ccc(Cl)cc3)cccc21. The highest BCUT2D eigenvalue weighted by molar-refractivity contribution is 7.27. The summed E-state index contributed by atoms with van der Waals surface area (Å²) in [6, 6.07) is 28.4. The molecule has 0 saturated heterocycles. The molecule has 1 aromatic heterocycles. The van der Waals surface area contributed by atoms with E-state index in [2.05, 4.69) is 80.6 Å². The molecule has 0 bridgehead atoms. The molecule has 0 nitrogen and oxygen atoms in total. The third-order valence-electron chi connectivity index (χ3n) is 6.37. The summed E-state index contributed by atoms with van der Waals surface area (Å²) < 4.78 is 2.75. The molecular formula is C27H19ClS. The molecule has 1 heterocycles. The largest absolute Gasteiger partial charge is 0.134 e. The van der Waals surface area contributed by atoms with Gasteiger partial charge in [0, 0.05) is 36.2 Å². The Labute approximate surface area is 179 Å². The number of hydrogen-bond acceptors (Lipinski definition) is 1. The summed E-state index contributed by atoms with van der Waals surface area (Å²) in [6.07, 6.45) is 0. The van der Waals surface area contributed by atoms with Crippen molar-refractivity contribution in [2.45, 2.75) is 19.3 Å². The van der Waals surface area contributed by atoms with Gasteiger partial charge in [0.2, 0.25) is 0 Å². The minimum atomic E-state index is 0.0370. The van der Waals surface area contributed by atoms with Crippen molar-refractivity contribution in [1.29, 1.82) is 0 Å². The molecule has 4 aromatic carbocycles. The Balaban J connectivity index is 1.72. The summed E-state index contributed by atoms with van der Waals surface area (Å²) in [7, 11) is 0. The molecule has 140 valence electrons. The molecule has 2 heteroatoms. The van der Waals surface area contributed by atoms with E-state index in [1.165, 1.54) is 53.6 Å². The van der Waals surface area contributed by atoms with Crippen molar-refractivity contribution in [3.05, 3.63) is 95.0 Å². The van der Waals surface area contributed by atoms with E-state index in [4.69, 9.17) is 11.6 Å². The van der Waals surface area contributed by atoms with Crippen molar-refractivity contribution in [2.75, 3.05) is 0 Å². The van der Waals surface area contributed by atoms with Crippen LogP contribution in [0.5, 0.6) is 0 Å². The predicted octanol–water partition coefficient (Wildman–Crippen LogP) is 8.68. The van der Waals surface area contributed by atoms with E-state index >= 15 is 0 Å². The summed E-state index contributed by atoms with van der Waals surface area (Å²) in [5, 5.41) is 3.46. The van der Waals surface area contributed by atoms with Gasteiger partial charge in [-0.05, 0) is 39.9 Å². The third kappa shape index (κ3) is 2.32. The van der Waals surface area contributed by atoms with Crippen LogP contribution in [-0.2, 0) is 5.41 Å². The highest BCUT2D eigenvalue weighted by Gasteiger charge is 2.36. The molecule has 0 radical (unpaired) electrons. The summed E-state index contributed by atoms with van der Waals surface area (Å²) in [6.45, 7) is 4.69. The van der Waals surface area contributed by atoms with Crippen LogP contribution in [0.25, 0.3) is 42.4 Å². The van der Waals surface area contributed by atoms with Gasteiger partial charge in [0.15, 0.2) is 0 Å². The first-order valence-electron chi connectivity index (χ1n) is 9.90. The lowest BCUT2D eigenvalue weighted by Gasteiger charge is -2.21. The van der Waals surface area contributed by atoms with Crippen LogP contribution >= 0.6 is 22.9 Å². The van der Waals surface area contributed by atoms with Gasteiger partial charge in [-0.15, -0.1) is 11.3 Å². The summed E-state index contributed by atoms with van der Waals surface area (Å²) in [4.78, 5) is 0. The Morgan fingerprint density at radius 3 is 2.21 bits per heavy atom. The quantitative estimate of drug-likeness (QED) is 0.259. The maximum absolute atomic E-state index is 6.12. The van der Waals surface area contributed by atoms with Crippen LogP contribution in [-0.4, -0.2) is 0 Å². The van der Waals surface area contributed by atoms with Gasteiger partial charge in [-0.1, -0.05) is 92.2 Å². The van der Waals surface area contributed by atoms with E-state index in [1.807, 2.05) is 23.5 Å². The van der Waals surface area contributed by atoms with Gasteiger partial charge < -0.3 is 0 Å². The maximum Gasteiger partial charge on any atom is 0.0437 e. The summed E-state index contributed by atoms with van der Waals surface area (Å²) >= 11 is 8.05. The van der Waals surface area contributed by atoms with Crippen molar-refractivity contribution < 1.29 is 0 Å². The zero-order chi connectivity index (χ0) is 19.8. The molecule has 0 atom stereocenters. The first kappa shape index (κ1) is 17.3. The van der Waals surface area contributed by atoms with Crippen LogP contribution < -0.4 is 0 Å². The van der Waals surface area contributed by atoms with E-state index in [0.717, 1.165) is 5.02 Å². The molecule has 1 aliphatic carbocycles. The number of benzene rings is 4. The van der Waals surface area contributed by atoms with E-state index in [0.29, 0.717) is 0 Å². The molecule has 0 saturated carbocycles. The first-order valence-corrected chi connectivity index (χ1v) is 11.1. The molecule has 0 aliphatic heterocycles. The highest BCUT2D eigenvalue weighted by atomic mass is 35.5. The second-order valence-electron chi connectivity index (χ2n) is 8.33. The fourth-order valence-corrected chi connectivity index (χ4v) is 6.42. The number of thiophene rings is 1. The smallest absolute Gasteiger partial charge is 0.0437 e. The summed E-state index contributed by atoms with van der Waals surface area (Å²) in [5.41, 5.74) is 8.20. The average molecular weight is 411 g/mol. The monoisotopic (exact) mass is 410 g/mol. The number of halogens is 1. The predicted molar refractivity (Wildman–Crippen MR) is 127 cm³/mol. The van der Waals surface area contributed by atoms with Gasteiger partial charge in [0.25, 0.3) is 0 Å². The fraction of sp³-hybridized carbons (Fsp3) is 0.111. The van der Waals surface area contributed by atoms with Gasteiger partial charge >= 0.3 is 0 Å². The van der Waals surface area contributed by atoms with Crippen LogP contribution in [0, 0.1) is 0 Å². The lowest BCUT2D eigenvalue weighted by molar-refractivity contribution is 0.661. The second kappa shape index (κ2) is 5.95. The molecule has 0 amide bonds. The lowest BCUT2D eigenvalue weighted by Crippen LogP contribution is -2.14.